The molecule has 1 rings (SSSR count). The number of carbonyl (C=O) groups is 1. The maximum Gasteiger partial charge on any atom is 0.257 e. The van der Waals surface area contributed by atoms with Gasteiger partial charge in [-0.1, -0.05) is 12.1 Å². The maximum atomic E-state index is 11.3. The molecule has 0 saturated carbocycles. The summed E-state index contributed by atoms with van der Waals surface area (Å²) in [6.07, 6.45) is -0.702. The monoisotopic (exact) mass is 207 g/mol. The Morgan fingerprint density at radius 1 is 1.53 bits per heavy atom. The van der Waals surface area contributed by atoms with Gasteiger partial charge < -0.3 is 16.4 Å². The quantitative estimate of drug-likeness (QED) is 0.641. The third-order valence-electron chi connectivity index (χ3n) is 1.97. The molecule has 15 heavy (non-hydrogen) atoms. The lowest BCUT2D eigenvalue weighted by Crippen LogP contribution is -2.45. The first-order chi connectivity index (χ1) is 7.13. The Bertz CT molecular complexity index is 338. The first-order valence-corrected chi connectivity index (χ1v) is 5.00. The van der Waals surface area contributed by atoms with E-state index in [0.717, 1.165) is 11.3 Å². The lowest BCUT2D eigenvalue weighted by molar-refractivity contribution is -0.121. The maximum absolute atomic E-state index is 11.3. The summed E-state index contributed by atoms with van der Waals surface area (Å²) in [4.78, 5) is 11.3. The zero-order valence-corrected chi connectivity index (χ0v) is 9.08. The molecule has 4 nitrogen and oxygen atoms in total. The van der Waals surface area contributed by atoms with Gasteiger partial charge in [0.05, 0.1) is 0 Å². The first-order valence-electron chi connectivity index (χ1n) is 5.00. The fourth-order valence-electron chi connectivity index (χ4n) is 1.26. The summed E-state index contributed by atoms with van der Waals surface area (Å²) in [5.74, 6) is -0.195. The summed E-state index contributed by atoms with van der Waals surface area (Å²) in [7, 11) is 0. The Labute approximate surface area is 89.9 Å². The number of likely N-dealkylation sites (N-methyl/N-ethyl adjacent to an activating group) is 1. The molecule has 0 aliphatic heterocycles. The van der Waals surface area contributed by atoms with Crippen LogP contribution in [0.1, 0.15) is 12.5 Å². The average Bonchev–Trinajstić information content (AvgIpc) is 2.18. The van der Waals surface area contributed by atoms with Crippen molar-refractivity contribution in [2.45, 2.75) is 20.0 Å². The van der Waals surface area contributed by atoms with E-state index < -0.39 is 6.17 Å². The highest BCUT2D eigenvalue weighted by Crippen LogP contribution is 2.09. The highest BCUT2D eigenvalue weighted by Gasteiger charge is 2.11. The van der Waals surface area contributed by atoms with E-state index in [1.54, 1.807) is 0 Å². The minimum absolute atomic E-state index is 0.195. The standard InChI is InChI=1S/C11H17N3O/c1-3-13-11(15)10(12)14-9-6-4-5-8(2)7-9/h4-7,10,14H,3,12H2,1-2H3,(H,13,15). The smallest absolute Gasteiger partial charge is 0.257 e. The van der Waals surface area contributed by atoms with Gasteiger partial charge in [0, 0.05) is 12.2 Å². The fourth-order valence-corrected chi connectivity index (χ4v) is 1.26. The number of rotatable bonds is 4. The number of hydrogen-bond donors (Lipinski definition) is 3. The van der Waals surface area contributed by atoms with Crippen LogP contribution in [0.3, 0.4) is 0 Å². The van der Waals surface area contributed by atoms with Crippen LogP contribution in [-0.2, 0) is 4.79 Å². The van der Waals surface area contributed by atoms with Crippen molar-refractivity contribution in [3.05, 3.63) is 29.8 Å². The van der Waals surface area contributed by atoms with Crippen molar-refractivity contribution in [1.29, 1.82) is 0 Å². The average molecular weight is 207 g/mol. The molecule has 0 heterocycles. The van der Waals surface area contributed by atoms with Crippen LogP contribution in [0, 0.1) is 6.92 Å². The van der Waals surface area contributed by atoms with Gasteiger partial charge in [-0.3, -0.25) is 4.79 Å². The third-order valence-corrected chi connectivity index (χ3v) is 1.97. The van der Waals surface area contributed by atoms with E-state index in [4.69, 9.17) is 5.73 Å². The molecule has 0 aliphatic rings. The van der Waals surface area contributed by atoms with Crippen LogP contribution in [0.15, 0.2) is 24.3 Å². The molecule has 0 fully saturated rings. The SMILES string of the molecule is CCNC(=O)C(N)Nc1cccc(C)c1. The number of nitrogens with one attached hydrogen (secondary N) is 2. The van der Waals surface area contributed by atoms with Crippen molar-refractivity contribution in [2.75, 3.05) is 11.9 Å². The van der Waals surface area contributed by atoms with Gasteiger partial charge in [0.25, 0.3) is 5.91 Å². The molecule has 4 heteroatoms. The van der Waals surface area contributed by atoms with Crippen LogP contribution in [0.25, 0.3) is 0 Å². The second kappa shape index (κ2) is 5.36. The van der Waals surface area contributed by atoms with E-state index in [1.165, 1.54) is 0 Å². The molecule has 1 unspecified atom stereocenters. The minimum Gasteiger partial charge on any atom is -0.362 e. The molecule has 0 saturated heterocycles. The number of benzene rings is 1. The van der Waals surface area contributed by atoms with Gasteiger partial charge in [-0.25, -0.2) is 0 Å². The van der Waals surface area contributed by atoms with Crippen molar-refractivity contribution in [1.82, 2.24) is 5.32 Å². The lowest BCUT2D eigenvalue weighted by Gasteiger charge is -2.14. The van der Waals surface area contributed by atoms with Crippen LogP contribution >= 0.6 is 0 Å². The van der Waals surface area contributed by atoms with Gasteiger partial charge in [0.2, 0.25) is 0 Å². The van der Waals surface area contributed by atoms with Gasteiger partial charge >= 0.3 is 0 Å². The molecule has 1 aromatic rings. The highest BCUT2D eigenvalue weighted by molar-refractivity contribution is 5.83. The Balaban J connectivity index is 2.58. The summed E-state index contributed by atoms with van der Waals surface area (Å²) >= 11 is 0. The zero-order chi connectivity index (χ0) is 11.3. The van der Waals surface area contributed by atoms with Crippen molar-refractivity contribution >= 4 is 11.6 Å². The van der Waals surface area contributed by atoms with Crippen LogP contribution in [-0.4, -0.2) is 18.6 Å². The van der Waals surface area contributed by atoms with Crippen molar-refractivity contribution in [3.8, 4) is 0 Å². The molecule has 0 spiro atoms. The second-order valence-corrected chi connectivity index (χ2v) is 3.39. The summed E-state index contributed by atoms with van der Waals surface area (Å²) in [6, 6.07) is 7.73. The topological polar surface area (TPSA) is 67.2 Å². The van der Waals surface area contributed by atoms with E-state index >= 15 is 0 Å². The van der Waals surface area contributed by atoms with Gasteiger partial charge in [0.15, 0.2) is 6.17 Å². The molecular weight excluding hydrogens is 190 g/mol. The van der Waals surface area contributed by atoms with Gasteiger partial charge in [0.1, 0.15) is 0 Å². The highest BCUT2D eigenvalue weighted by atomic mass is 16.2. The summed E-state index contributed by atoms with van der Waals surface area (Å²) in [5, 5.41) is 5.59. The molecule has 82 valence electrons. The molecular formula is C11H17N3O. The number of amides is 1. The largest absolute Gasteiger partial charge is 0.362 e. The van der Waals surface area contributed by atoms with Crippen molar-refractivity contribution in [3.63, 3.8) is 0 Å². The summed E-state index contributed by atoms with van der Waals surface area (Å²) < 4.78 is 0. The normalized spacial score (nSPS) is 11.9. The third kappa shape index (κ3) is 3.59. The van der Waals surface area contributed by atoms with Crippen LogP contribution in [0.4, 0.5) is 5.69 Å². The first kappa shape index (κ1) is 11.5. The predicted octanol–water partition coefficient (Wildman–Crippen LogP) is 0.828. The van der Waals surface area contributed by atoms with Gasteiger partial charge in [-0.15, -0.1) is 0 Å². The van der Waals surface area contributed by atoms with Crippen LogP contribution in [0.5, 0.6) is 0 Å². The summed E-state index contributed by atoms with van der Waals surface area (Å²) in [5.41, 5.74) is 7.65. The second-order valence-electron chi connectivity index (χ2n) is 3.39. The van der Waals surface area contributed by atoms with Crippen molar-refractivity contribution < 1.29 is 4.79 Å². The number of anilines is 1. The molecule has 0 aliphatic carbocycles. The minimum atomic E-state index is -0.702. The zero-order valence-electron chi connectivity index (χ0n) is 9.08. The van der Waals surface area contributed by atoms with Crippen LogP contribution in [0.2, 0.25) is 0 Å². The van der Waals surface area contributed by atoms with E-state index in [2.05, 4.69) is 10.6 Å². The van der Waals surface area contributed by atoms with Gasteiger partial charge in [-0.05, 0) is 31.5 Å². The number of carbonyl (C=O) groups excluding carboxylic acids is 1. The van der Waals surface area contributed by atoms with E-state index in [-0.39, 0.29) is 5.91 Å². The molecule has 1 aromatic carbocycles. The number of aryl methyl sites for hydroxylation is 1. The molecule has 1 amide bonds. The number of nitrogens with two attached hydrogens (primary N) is 1. The lowest BCUT2D eigenvalue weighted by atomic mass is 10.2. The summed E-state index contributed by atoms with van der Waals surface area (Å²) in [6.45, 7) is 4.43. The molecule has 0 bridgehead atoms. The Kier molecular flexibility index (Phi) is 4.12. The van der Waals surface area contributed by atoms with Gasteiger partial charge in [-0.2, -0.15) is 0 Å². The van der Waals surface area contributed by atoms with E-state index in [9.17, 15) is 4.79 Å². The molecule has 1 atom stereocenters. The fraction of sp³-hybridized carbons (Fsp3) is 0.364. The van der Waals surface area contributed by atoms with E-state index in [0.29, 0.717) is 6.54 Å². The number of hydrogen-bond acceptors (Lipinski definition) is 3. The molecule has 4 N–H and O–H groups in total. The molecule has 0 aromatic heterocycles. The molecule has 0 radical (unpaired) electrons. The Morgan fingerprint density at radius 3 is 2.87 bits per heavy atom. The Morgan fingerprint density at radius 2 is 2.27 bits per heavy atom. The Hall–Kier alpha value is -1.55. The van der Waals surface area contributed by atoms with Crippen molar-refractivity contribution in [2.24, 2.45) is 5.73 Å². The van der Waals surface area contributed by atoms with Crippen LogP contribution < -0.4 is 16.4 Å². The van der Waals surface area contributed by atoms with E-state index in [1.807, 2.05) is 38.1 Å². The predicted molar refractivity (Wildman–Crippen MR) is 61.5 cm³/mol.